The second-order valence-electron chi connectivity index (χ2n) is 5.18. The number of oxime groups is 1. The van der Waals surface area contributed by atoms with Gasteiger partial charge >= 0.3 is 5.97 Å². The molecule has 1 aromatic rings. The highest BCUT2D eigenvalue weighted by atomic mass is 79.9. The van der Waals surface area contributed by atoms with Gasteiger partial charge in [-0.15, -0.1) is 0 Å². The molecule has 0 spiro atoms. The molecule has 0 bridgehead atoms. The molecule has 1 rings (SSSR count). The largest absolute Gasteiger partial charge is 0.460 e. The molecule has 1 aromatic carbocycles. The quantitative estimate of drug-likeness (QED) is 0.398. The average Bonchev–Trinajstić information content (AvgIpc) is 2.28. The van der Waals surface area contributed by atoms with E-state index in [1.165, 1.54) is 6.21 Å². The number of rotatable bonds is 4. The maximum absolute atomic E-state index is 11.7. The number of esters is 1. The molecule has 1 N–H and O–H groups in total. The van der Waals surface area contributed by atoms with Gasteiger partial charge in [-0.2, -0.15) is 0 Å². The molecule has 0 aliphatic rings. The van der Waals surface area contributed by atoms with Crippen LogP contribution >= 0.6 is 15.9 Å². The maximum atomic E-state index is 11.7. The molecule has 0 atom stereocenters. The Kier molecular flexibility index (Phi) is 5.54. The Morgan fingerprint density at radius 2 is 2.16 bits per heavy atom. The second-order valence-corrected chi connectivity index (χ2v) is 6.04. The van der Waals surface area contributed by atoms with E-state index in [1.54, 1.807) is 0 Å². The average molecular weight is 328 g/mol. The van der Waals surface area contributed by atoms with Gasteiger partial charge in [0, 0.05) is 10.9 Å². The van der Waals surface area contributed by atoms with Crippen molar-refractivity contribution in [2.75, 3.05) is 0 Å². The molecule has 0 unspecified atom stereocenters. The number of hydrogen-bond acceptors (Lipinski definition) is 4. The van der Waals surface area contributed by atoms with E-state index >= 15 is 0 Å². The van der Waals surface area contributed by atoms with Crippen molar-refractivity contribution in [1.82, 2.24) is 0 Å². The van der Waals surface area contributed by atoms with Crippen molar-refractivity contribution in [3.63, 3.8) is 0 Å². The lowest BCUT2D eigenvalue weighted by molar-refractivity contribution is -0.154. The summed E-state index contributed by atoms with van der Waals surface area (Å²) in [6.07, 6.45) is 2.24. The van der Waals surface area contributed by atoms with E-state index in [4.69, 9.17) is 9.94 Å². The smallest absolute Gasteiger partial charge is 0.306 e. The molecular weight excluding hydrogens is 310 g/mol. The minimum absolute atomic E-state index is 0.222. The van der Waals surface area contributed by atoms with E-state index in [0.717, 1.165) is 15.6 Å². The van der Waals surface area contributed by atoms with E-state index in [2.05, 4.69) is 21.1 Å². The molecule has 0 amide bonds. The number of benzene rings is 1. The summed E-state index contributed by atoms with van der Waals surface area (Å²) in [4.78, 5) is 11.7. The first kappa shape index (κ1) is 15.7. The zero-order valence-electron chi connectivity index (χ0n) is 11.3. The van der Waals surface area contributed by atoms with Gasteiger partial charge in [-0.1, -0.05) is 27.2 Å². The highest BCUT2D eigenvalue weighted by Gasteiger charge is 2.16. The summed E-state index contributed by atoms with van der Waals surface area (Å²) >= 11 is 3.43. The zero-order chi connectivity index (χ0) is 14.5. The number of ether oxygens (including phenoxy) is 1. The van der Waals surface area contributed by atoms with E-state index < -0.39 is 5.60 Å². The molecule has 0 radical (unpaired) electrons. The standard InChI is InChI=1S/C14H18BrNO3/c1-14(2,3)19-13(17)7-5-11-8-10(9-16-18)4-6-12(11)15/h4,6,8-9,18H,5,7H2,1-3H3. The molecule has 0 fully saturated rings. The molecule has 0 saturated carbocycles. The van der Waals surface area contributed by atoms with Crippen molar-refractivity contribution in [1.29, 1.82) is 0 Å². The van der Waals surface area contributed by atoms with Gasteiger partial charge < -0.3 is 9.94 Å². The van der Waals surface area contributed by atoms with E-state index in [1.807, 2.05) is 39.0 Å². The van der Waals surface area contributed by atoms with Gasteiger partial charge in [-0.25, -0.2) is 0 Å². The lowest BCUT2D eigenvalue weighted by Crippen LogP contribution is -2.24. The zero-order valence-corrected chi connectivity index (χ0v) is 12.9. The van der Waals surface area contributed by atoms with Crippen LogP contribution in [0.25, 0.3) is 0 Å². The maximum Gasteiger partial charge on any atom is 0.306 e. The number of carbonyl (C=O) groups excluding carboxylic acids is 1. The fourth-order valence-electron chi connectivity index (χ4n) is 1.56. The van der Waals surface area contributed by atoms with E-state index in [9.17, 15) is 4.79 Å². The topological polar surface area (TPSA) is 58.9 Å². The van der Waals surface area contributed by atoms with E-state index in [0.29, 0.717) is 12.8 Å². The molecule has 0 aliphatic carbocycles. The Labute approximate surface area is 121 Å². The van der Waals surface area contributed by atoms with Crippen molar-refractivity contribution < 1.29 is 14.7 Å². The van der Waals surface area contributed by atoms with Gasteiger partial charge in [-0.3, -0.25) is 4.79 Å². The first-order chi connectivity index (χ1) is 8.81. The third kappa shape index (κ3) is 5.87. The van der Waals surface area contributed by atoms with Crippen molar-refractivity contribution in [3.8, 4) is 0 Å². The summed E-state index contributed by atoms with van der Waals surface area (Å²) in [5, 5.41) is 11.5. The normalized spacial score (nSPS) is 11.8. The summed E-state index contributed by atoms with van der Waals surface area (Å²) in [6.45, 7) is 5.54. The number of halogens is 1. The minimum Gasteiger partial charge on any atom is -0.460 e. The van der Waals surface area contributed by atoms with Crippen LogP contribution in [0.2, 0.25) is 0 Å². The first-order valence-corrected chi connectivity index (χ1v) is 6.79. The molecule has 0 saturated heterocycles. The Balaban J connectivity index is 2.67. The summed E-state index contributed by atoms with van der Waals surface area (Å²) in [5.74, 6) is -0.222. The fraction of sp³-hybridized carbons (Fsp3) is 0.429. The number of hydrogen-bond donors (Lipinski definition) is 1. The Morgan fingerprint density at radius 3 is 2.74 bits per heavy atom. The molecule has 0 heterocycles. The molecule has 0 aliphatic heterocycles. The molecule has 104 valence electrons. The third-order valence-electron chi connectivity index (χ3n) is 2.30. The van der Waals surface area contributed by atoms with Crippen LogP contribution in [0.15, 0.2) is 27.8 Å². The number of carbonyl (C=O) groups is 1. The number of aryl methyl sites for hydroxylation is 1. The molecule has 19 heavy (non-hydrogen) atoms. The minimum atomic E-state index is -0.459. The molecule has 4 nitrogen and oxygen atoms in total. The second kappa shape index (κ2) is 6.70. The van der Waals surface area contributed by atoms with Gasteiger partial charge in [-0.05, 0) is 50.5 Å². The molecule has 5 heteroatoms. The van der Waals surface area contributed by atoms with E-state index in [-0.39, 0.29) is 5.97 Å². The third-order valence-corrected chi connectivity index (χ3v) is 3.07. The highest BCUT2D eigenvalue weighted by Crippen LogP contribution is 2.20. The van der Waals surface area contributed by atoms with Gasteiger partial charge in [0.2, 0.25) is 0 Å². The van der Waals surface area contributed by atoms with Gasteiger partial charge in [0.25, 0.3) is 0 Å². The van der Waals surface area contributed by atoms with Crippen LogP contribution in [0.5, 0.6) is 0 Å². The van der Waals surface area contributed by atoms with Crippen LogP contribution in [0.3, 0.4) is 0 Å². The van der Waals surface area contributed by atoms with Crippen molar-refractivity contribution in [2.45, 2.75) is 39.2 Å². The van der Waals surface area contributed by atoms with Gasteiger partial charge in [0.05, 0.1) is 6.21 Å². The molecule has 0 aromatic heterocycles. The SMILES string of the molecule is CC(C)(C)OC(=O)CCc1cc(C=NO)ccc1Br. The summed E-state index contributed by atoms with van der Waals surface area (Å²) in [5.41, 5.74) is 1.30. The van der Waals surface area contributed by atoms with Crippen molar-refractivity contribution in [3.05, 3.63) is 33.8 Å². The Hall–Kier alpha value is -1.36. The van der Waals surface area contributed by atoms with Crippen molar-refractivity contribution in [2.24, 2.45) is 5.16 Å². The Bertz CT molecular complexity index is 478. The summed E-state index contributed by atoms with van der Waals surface area (Å²) < 4.78 is 6.18. The predicted molar refractivity (Wildman–Crippen MR) is 77.7 cm³/mol. The van der Waals surface area contributed by atoms with Crippen LogP contribution in [-0.2, 0) is 16.0 Å². The van der Waals surface area contributed by atoms with Crippen LogP contribution in [0, 0.1) is 0 Å². The van der Waals surface area contributed by atoms with Gasteiger partial charge in [0.15, 0.2) is 0 Å². The fourth-order valence-corrected chi connectivity index (χ4v) is 2.01. The summed E-state index contributed by atoms with van der Waals surface area (Å²) in [7, 11) is 0. The molecular formula is C14H18BrNO3. The van der Waals surface area contributed by atoms with Crippen LogP contribution < -0.4 is 0 Å². The van der Waals surface area contributed by atoms with Crippen LogP contribution in [0.4, 0.5) is 0 Å². The lowest BCUT2D eigenvalue weighted by Gasteiger charge is -2.19. The Morgan fingerprint density at radius 1 is 1.47 bits per heavy atom. The first-order valence-electron chi connectivity index (χ1n) is 5.99. The lowest BCUT2D eigenvalue weighted by atomic mass is 10.1. The predicted octanol–water partition coefficient (Wildman–Crippen LogP) is 3.53. The van der Waals surface area contributed by atoms with Crippen molar-refractivity contribution >= 4 is 28.1 Å². The monoisotopic (exact) mass is 327 g/mol. The summed E-state index contributed by atoms with van der Waals surface area (Å²) in [6, 6.07) is 5.55. The number of nitrogens with zero attached hydrogens (tertiary/aromatic N) is 1. The van der Waals surface area contributed by atoms with Gasteiger partial charge in [0.1, 0.15) is 5.60 Å². The van der Waals surface area contributed by atoms with Crippen LogP contribution in [-0.4, -0.2) is 23.0 Å². The highest BCUT2D eigenvalue weighted by molar-refractivity contribution is 9.10. The van der Waals surface area contributed by atoms with Crippen LogP contribution in [0.1, 0.15) is 38.3 Å².